The van der Waals surface area contributed by atoms with Crippen molar-refractivity contribution in [2.45, 2.75) is 19.8 Å². The lowest BCUT2D eigenvalue weighted by atomic mass is 10.1. The third-order valence-electron chi connectivity index (χ3n) is 1.61. The lowest BCUT2D eigenvalue weighted by molar-refractivity contribution is 0.00226. The molecule has 0 aromatic carbocycles. The molecule has 2 heteroatoms. The number of rotatable bonds is 3. The molecule has 0 aromatic rings. The summed E-state index contributed by atoms with van der Waals surface area (Å²) < 4.78 is 10.1. The minimum absolute atomic E-state index is 0.360. The zero-order valence-corrected chi connectivity index (χ0v) is 7.09. The van der Waals surface area contributed by atoms with Gasteiger partial charge in [-0.15, -0.1) is 0 Å². The van der Waals surface area contributed by atoms with Gasteiger partial charge < -0.3 is 9.47 Å². The van der Waals surface area contributed by atoms with Gasteiger partial charge in [-0.05, 0) is 19.4 Å². The van der Waals surface area contributed by atoms with Crippen molar-refractivity contribution in [3.8, 4) is 0 Å². The van der Waals surface area contributed by atoms with Crippen molar-refractivity contribution >= 4 is 0 Å². The van der Waals surface area contributed by atoms with E-state index in [0.717, 1.165) is 18.6 Å². The first-order valence-electron chi connectivity index (χ1n) is 3.82. The number of hydrogen-bond acceptors (Lipinski definition) is 2. The Morgan fingerprint density at radius 2 is 2.36 bits per heavy atom. The van der Waals surface area contributed by atoms with Crippen molar-refractivity contribution in [1.82, 2.24) is 0 Å². The third-order valence-corrected chi connectivity index (χ3v) is 1.61. The fraction of sp³-hybridized carbons (Fsp3) is 0.556. The van der Waals surface area contributed by atoms with Gasteiger partial charge in [0, 0.05) is 13.5 Å². The lowest BCUT2D eigenvalue weighted by Gasteiger charge is -2.12. The molecule has 62 valence electrons. The summed E-state index contributed by atoms with van der Waals surface area (Å²) in [7, 11) is 1.63. The van der Waals surface area contributed by atoms with Crippen LogP contribution in [0.15, 0.2) is 23.5 Å². The maximum Gasteiger partial charge on any atom is 0.188 e. The Morgan fingerprint density at radius 3 is 3.00 bits per heavy atom. The van der Waals surface area contributed by atoms with Gasteiger partial charge in [-0.1, -0.05) is 11.6 Å². The molecule has 0 heterocycles. The molecule has 1 rings (SSSR count). The van der Waals surface area contributed by atoms with Gasteiger partial charge in [0.25, 0.3) is 0 Å². The second-order valence-corrected chi connectivity index (χ2v) is 2.65. The minimum atomic E-state index is 0.360. The van der Waals surface area contributed by atoms with E-state index in [9.17, 15) is 0 Å². The van der Waals surface area contributed by atoms with Crippen molar-refractivity contribution in [1.29, 1.82) is 0 Å². The number of ether oxygens (including phenoxy) is 2. The van der Waals surface area contributed by atoms with Crippen LogP contribution in [0.3, 0.4) is 0 Å². The molecule has 0 bridgehead atoms. The number of methoxy groups -OCH3 is 1. The summed E-state index contributed by atoms with van der Waals surface area (Å²) in [5.74, 6) is 1.03. The van der Waals surface area contributed by atoms with E-state index in [1.807, 2.05) is 0 Å². The van der Waals surface area contributed by atoms with Gasteiger partial charge in [0.15, 0.2) is 6.79 Å². The molecule has 0 amide bonds. The van der Waals surface area contributed by atoms with Gasteiger partial charge in [0.05, 0.1) is 5.76 Å². The van der Waals surface area contributed by atoms with Gasteiger partial charge in [-0.25, -0.2) is 0 Å². The summed E-state index contributed by atoms with van der Waals surface area (Å²) in [6.45, 7) is 2.44. The summed E-state index contributed by atoms with van der Waals surface area (Å²) in [5, 5.41) is 0. The van der Waals surface area contributed by atoms with E-state index in [-0.39, 0.29) is 0 Å². The van der Waals surface area contributed by atoms with Crippen molar-refractivity contribution in [3.05, 3.63) is 23.5 Å². The van der Waals surface area contributed by atoms with Crippen molar-refractivity contribution in [2.24, 2.45) is 0 Å². The van der Waals surface area contributed by atoms with E-state index < -0.39 is 0 Å². The lowest BCUT2D eigenvalue weighted by Crippen LogP contribution is -1.99. The highest BCUT2D eigenvalue weighted by molar-refractivity contribution is 5.22. The predicted octanol–water partition coefficient (Wildman–Crippen LogP) is 2.23. The SMILES string of the molecule is COCOC1=CC(C)=CCC1. The topological polar surface area (TPSA) is 18.5 Å². The standard InChI is InChI=1S/C9H14O2/c1-8-4-3-5-9(6-8)11-7-10-2/h4,6H,3,5,7H2,1-2H3. The number of hydrogen-bond donors (Lipinski definition) is 0. The smallest absolute Gasteiger partial charge is 0.188 e. The highest BCUT2D eigenvalue weighted by atomic mass is 16.7. The largest absolute Gasteiger partial charge is 0.472 e. The Balaban J connectivity index is 2.39. The van der Waals surface area contributed by atoms with E-state index in [2.05, 4.69) is 19.1 Å². The highest BCUT2D eigenvalue weighted by Crippen LogP contribution is 2.17. The van der Waals surface area contributed by atoms with E-state index in [1.54, 1.807) is 7.11 Å². The fourth-order valence-electron chi connectivity index (χ4n) is 1.08. The van der Waals surface area contributed by atoms with Crippen LogP contribution in [0.5, 0.6) is 0 Å². The molecule has 0 aliphatic heterocycles. The minimum Gasteiger partial charge on any atom is -0.472 e. The molecule has 0 fully saturated rings. The molecule has 0 atom stereocenters. The molecule has 11 heavy (non-hydrogen) atoms. The van der Waals surface area contributed by atoms with Crippen LogP contribution < -0.4 is 0 Å². The van der Waals surface area contributed by atoms with Gasteiger partial charge in [0.1, 0.15) is 0 Å². The molecular formula is C9H14O2. The van der Waals surface area contributed by atoms with Gasteiger partial charge in [-0.2, -0.15) is 0 Å². The van der Waals surface area contributed by atoms with Crippen molar-refractivity contribution in [2.75, 3.05) is 13.9 Å². The Hall–Kier alpha value is -0.760. The average molecular weight is 154 g/mol. The van der Waals surface area contributed by atoms with Gasteiger partial charge >= 0.3 is 0 Å². The Morgan fingerprint density at radius 1 is 1.55 bits per heavy atom. The monoisotopic (exact) mass is 154 g/mol. The molecule has 0 aromatic heterocycles. The van der Waals surface area contributed by atoms with Gasteiger partial charge in [-0.3, -0.25) is 0 Å². The fourth-order valence-corrected chi connectivity index (χ4v) is 1.08. The maximum atomic E-state index is 5.30. The van der Waals surface area contributed by atoms with Crippen LogP contribution in [-0.4, -0.2) is 13.9 Å². The molecule has 1 aliphatic carbocycles. The highest BCUT2D eigenvalue weighted by Gasteiger charge is 2.02. The first-order chi connectivity index (χ1) is 5.33. The van der Waals surface area contributed by atoms with Crippen LogP contribution in [0.25, 0.3) is 0 Å². The molecule has 1 aliphatic rings. The summed E-state index contributed by atoms with van der Waals surface area (Å²) in [6, 6.07) is 0. The Bertz CT molecular complexity index is 180. The Kier molecular flexibility index (Phi) is 3.17. The molecular weight excluding hydrogens is 140 g/mol. The molecule has 0 unspecified atom stereocenters. The molecule has 0 saturated heterocycles. The van der Waals surface area contributed by atoms with Crippen molar-refractivity contribution < 1.29 is 9.47 Å². The zero-order chi connectivity index (χ0) is 8.10. The molecule has 2 nitrogen and oxygen atoms in total. The van der Waals surface area contributed by atoms with Crippen molar-refractivity contribution in [3.63, 3.8) is 0 Å². The molecule has 0 spiro atoms. The van der Waals surface area contributed by atoms with Crippen LogP contribution in [0, 0.1) is 0 Å². The average Bonchev–Trinajstić information content (AvgIpc) is 2.01. The first kappa shape index (κ1) is 8.34. The van der Waals surface area contributed by atoms with Crippen LogP contribution in [0.1, 0.15) is 19.8 Å². The predicted molar refractivity (Wildman–Crippen MR) is 44.0 cm³/mol. The van der Waals surface area contributed by atoms with E-state index in [1.165, 1.54) is 5.57 Å². The van der Waals surface area contributed by atoms with Crippen LogP contribution in [-0.2, 0) is 9.47 Å². The van der Waals surface area contributed by atoms with Crippen LogP contribution in [0.4, 0.5) is 0 Å². The van der Waals surface area contributed by atoms with Gasteiger partial charge in [0.2, 0.25) is 0 Å². The normalized spacial score (nSPS) is 17.3. The third kappa shape index (κ3) is 2.76. The zero-order valence-electron chi connectivity index (χ0n) is 7.09. The van der Waals surface area contributed by atoms with E-state index >= 15 is 0 Å². The molecule has 0 N–H and O–H groups in total. The summed E-state index contributed by atoms with van der Waals surface area (Å²) in [6.07, 6.45) is 6.35. The quantitative estimate of drug-likeness (QED) is 0.580. The second kappa shape index (κ2) is 4.19. The molecule has 0 radical (unpaired) electrons. The van der Waals surface area contributed by atoms with E-state index in [0.29, 0.717) is 6.79 Å². The van der Waals surface area contributed by atoms with Crippen LogP contribution >= 0.6 is 0 Å². The summed E-state index contributed by atoms with van der Waals surface area (Å²) in [4.78, 5) is 0. The summed E-state index contributed by atoms with van der Waals surface area (Å²) >= 11 is 0. The van der Waals surface area contributed by atoms with Crippen LogP contribution in [0.2, 0.25) is 0 Å². The second-order valence-electron chi connectivity index (χ2n) is 2.65. The maximum absolute atomic E-state index is 5.30. The number of allylic oxidation sites excluding steroid dienone is 4. The summed E-state index contributed by atoms with van der Waals surface area (Å²) in [5.41, 5.74) is 1.28. The van der Waals surface area contributed by atoms with E-state index in [4.69, 9.17) is 9.47 Å². The first-order valence-corrected chi connectivity index (χ1v) is 3.82. The molecule has 0 saturated carbocycles. The Labute approximate surface area is 67.5 Å².